The molecular formula is C17H20N2OS. The fourth-order valence-electron chi connectivity index (χ4n) is 2.54. The van der Waals surface area contributed by atoms with E-state index in [4.69, 9.17) is 0 Å². The number of phenolic OH excluding ortho intramolecular Hbond substituents is 1. The average Bonchev–Trinajstić information content (AvgIpc) is 3.01. The quantitative estimate of drug-likeness (QED) is 0.809. The first-order valence-corrected chi connectivity index (χ1v) is 8.09. The first-order valence-electron chi connectivity index (χ1n) is 7.21. The Morgan fingerprint density at radius 1 is 1.14 bits per heavy atom. The molecule has 0 saturated carbocycles. The molecule has 0 bridgehead atoms. The maximum Gasteiger partial charge on any atom is 0.120 e. The number of benzene rings is 1. The Labute approximate surface area is 129 Å². The van der Waals surface area contributed by atoms with Crippen molar-refractivity contribution in [2.45, 2.75) is 26.1 Å². The first kappa shape index (κ1) is 14.2. The van der Waals surface area contributed by atoms with Crippen molar-refractivity contribution >= 4 is 17.0 Å². The Morgan fingerprint density at radius 3 is 2.62 bits per heavy atom. The summed E-state index contributed by atoms with van der Waals surface area (Å²) in [5.74, 6) is 0.781. The van der Waals surface area contributed by atoms with Crippen LogP contribution in [0, 0.1) is 5.92 Å². The standard InChI is InChI=1S/C17H20N2OS/c1-11(2)17-18-13(12-6-3-4-7-15(12)20)10-14(19-17)16-8-5-9-21-16/h3-11,13,17-20H,1-2H3. The lowest BCUT2D eigenvalue weighted by atomic mass is 9.99. The van der Waals surface area contributed by atoms with Gasteiger partial charge in [-0.05, 0) is 29.5 Å². The van der Waals surface area contributed by atoms with Gasteiger partial charge in [0.1, 0.15) is 5.75 Å². The SMILES string of the molecule is CC(C)C1NC(c2cccs2)=CC(c2ccccc2O)N1. The van der Waals surface area contributed by atoms with E-state index < -0.39 is 0 Å². The molecule has 1 aliphatic heterocycles. The molecule has 0 fully saturated rings. The van der Waals surface area contributed by atoms with Gasteiger partial charge < -0.3 is 10.4 Å². The largest absolute Gasteiger partial charge is 0.508 e. The number of para-hydroxylation sites is 1. The molecular weight excluding hydrogens is 280 g/mol. The lowest BCUT2D eigenvalue weighted by Gasteiger charge is -2.34. The topological polar surface area (TPSA) is 44.3 Å². The van der Waals surface area contributed by atoms with Crippen molar-refractivity contribution in [2.75, 3.05) is 0 Å². The van der Waals surface area contributed by atoms with Crippen LogP contribution in [0.15, 0.2) is 47.9 Å². The molecule has 0 radical (unpaired) electrons. The van der Waals surface area contributed by atoms with Crippen molar-refractivity contribution in [1.82, 2.24) is 10.6 Å². The van der Waals surface area contributed by atoms with E-state index in [0.29, 0.717) is 11.7 Å². The van der Waals surface area contributed by atoms with Crippen LogP contribution >= 0.6 is 11.3 Å². The summed E-state index contributed by atoms with van der Waals surface area (Å²) < 4.78 is 0. The Hall–Kier alpha value is -1.78. The molecule has 2 unspecified atom stereocenters. The van der Waals surface area contributed by atoms with E-state index in [0.717, 1.165) is 11.3 Å². The summed E-state index contributed by atoms with van der Waals surface area (Å²) >= 11 is 1.72. The molecule has 21 heavy (non-hydrogen) atoms. The zero-order chi connectivity index (χ0) is 14.8. The molecule has 2 atom stereocenters. The van der Waals surface area contributed by atoms with Crippen LogP contribution in [0.25, 0.3) is 5.70 Å². The number of aromatic hydroxyl groups is 1. The molecule has 1 aromatic heterocycles. The molecule has 1 aliphatic rings. The van der Waals surface area contributed by atoms with Gasteiger partial charge in [0.2, 0.25) is 0 Å². The van der Waals surface area contributed by atoms with E-state index in [1.165, 1.54) is 4.88 Å². The van der Waals surface area contributed by atoms with Gasteiger partial charge in [0.25, 0.3) is 0 Å². The second-order valence-electron chi connectivity index (χ2n) is 5.63. The number of thiophene rings is 1. The summed E-state index contributed by atoms with van der Waals surface area (Å²) in [6.45, 7) is 4.37. The Kier molecular flexibility index (Phi) is 3.99. The highest BCUT2D eigenvalue weighted by atomic mass is 32.1. The predicted molar refractivity (Wildman–Crippen MR) is 88.0 cm³/mol. The average molecular weight is 300 g/mol. The molecule has 2 aromatic rings. The summed E-state index contributed by atoms with van der Waals surface area (Å²) in [4.78, 5) is 1.22. The van der Waals surface area contributed by atoms with Gasteiger partial charge in [-0.25, -0.2) is 0 Å². The molecule has 0 amide bonds. The monoisotopic (exact) mass is 300 g/mol. The van der Waals surface area contributed by atoms with Crippen LogP contribution in [-0.2, 0) is 0 Å². The van der Waals surface area contributed by atoms with Gasteiger partial charge in [0.05, 0.1) is 17.9 Å². The zero-order valence-electron chi connectivity index (χ0n) is 12.2. The number of nitrogens with one attached hydrogen (secondary N) is 2. The van der Waals surface area contributed by atoms with Crippen molar-refractivity contribution in [1.29, 1.82) is 0 Å². The molecule has 2 heterocycles. The van der Waals surface area contributed by atoms with Gasteiger partial charge >= 0.3 is 0 Å². The second kappa shape index (κ2) is 5.92. The highest BCUT2D eigenvalue weighted by Gasteiger charge is 2.26. The van der Waals surface area contributed by atoms with Crippen molar-refractivity contribution in [3.63, 3.8) is 0 Å². The van der Waals surface area contributed by atoms with Crippen molar-refractivity contribution in [2.24, 2.45) is 5.92 Å². The highest BCUT2D eigenvalue weighted by Crippen LogP contribution is 2.31. The lowest BCUT2D eigenvalue weighted by Crippen LogP contribution is -2.49. The minimum atomic E-state index is 0.0111. The molecule has 0 saturated heterocycles. The number of hydrogen-bond donors (Lipinski definition) is 3. The van der Waals surface area contributed by atoms with Crippen molar-refractivity contribution in [3.05, 3.63) is 58.3 Å². The van der Waals surface area contributed by atoms with Crippen LogP contribution in [0.1, 0.15) is 30.3 Å². The fraction of sp³-hybridized carbons (Fsp3) is 0.294. The van der Waals surface area contributed by atoms with Crippen LogP contribution in [-0.4, -0.2) is 11.3 Å². The molecule has 3 rings (SSSR count). The minimum absolute atomic E-state index is 0.0111. The van der Waals surface area contributed by atoms with Crippen molar-refractivity contribution < 1.29 is 5.11 Å². The molecule has 110 valence electrons. The summed E-state index contributed by atoms with van der Waals surface area (Å²) in [5, 5.41) is 19.3. The van der Waals surface area contributed by atoms with E-state index in [2.05, 4.69) is 48.1 Å². The molecule has 3 N–H and O–H groups in total. The third-order valence-corrected chi connectivity index (χ3v) is 4.63. The third kappa shape index (κ3) is 2.96. The molecule has 0 spiro atoms. The molecule has 4 heteroatoms. The van der Waals surface area contributed by atoms with Gasteiger partial charge in [-0.15, -0.1) is 11.3 Å². The molecule has 0 aliphatic carbocycles. The fourth-order valence-corrected chi connectivity index (χ4v) is 3.25. The summed E-state index contributed by atoms with van der Waals surface area (Å²) in [6.07, 6.45) is 2.33. The molecule has 3 nitrogen and oxygen atoms in total. The summed E-state index contributed by atoms with van der Waals surface area (Å²) in [6, 6.07) is 11.7. The van der Waals surface area contributed by atoms with Gasteiger partial charge in [-0.1, -0.05) is 38.1 Å². The third-order valence-electron chi connectivity index (χ3n) is 3.73. The first-order chi connectivity index (χ1) is 10.1. The van der Waals surface area contributed by atoms with Crippen LogP contribution < -0.4 is 10.6 Å². The second-order valence-corrected chi connectivity index (χ2v) is 6.57. The Balaban J connectivity index is 1.99. The highest BCUT2D eigenvalue weighted by molar-refractivity contribution is 7.11. The van der Waals surface area contributed by atoms with Crippen LogP contribution in [0.3, 0.4) is 0 Å². The normalized spacial score (nSPS) is 22.0. The van der Waals surface area contributed by atoms with Crippen LogP contribution in [0.5, 0.6) is 5.75 Å². The van der Waals surface area contributed by atoms with Crippen molar-refractivity contribution in [3.8, 4) is 5.75 Å². The van der Waals surface area contributed by atoms with E-state index in [1.807, 2.05) is 18.2 Å². The van der Waals surface area contributed by atoms with E-state index in [9.17, 15) is 5.11 Å². The van der Waals surface area contributed by atoms with E-state index >= 15 is 0 Å². The lowest BCUT2D eigenvalue weighted by molar-refractivity contribution is 0.335. The number of rotatable bonds is 3. The maximum atomic E-state index is 10.1. The van der Waals surface area contributed by atoms with Crippen LogP contribution in [0.4, 0.5) is 0 Å². The van der Waals surface area contributed by atoms with E-state index in [-0.39, 0.29) is 12.2 Å². The van der Waals surface area contributed by atoms with E-state index in [1.54, 1.807) is 17.4 Å². The van der Waals surface area contributed by atoms with Gasteiger partial charge in [0.15, 0.2) is 0 Å². The smallest absolute Gasteiger partial charge is 0.120 e. The predicted octanol–water partition coefficient (Wildman–Crippen LogP) is 3.71. The number of hydrogen-bond acceptors (Lipinski definition) is 4. The summed E-state index contributed by atoms with van der Waals surface area (Å²) in [5.41, 5.74) is 2.05. The summed E-state index contributed by atoms with van der Waals surface area (Å²) in [7, 11) is 0. The Bertz CT molecular complexity index is 634. The zero-order valence-corrected chi connectivity index (χ0v) is 13.0. The minimum Gasteiger partial charge on any atom is -0.508 e. The molecule has 1 aromatic carbocycles. The maximum absolute atomic E-state index is 10.1. The van der Waals surface area contributed by atoms with Gasteiger partial charge in [-0.3, -0.25) is 5.32 Å². The van der Waals surface area contributed by atoms with Crippen LogP contribution in [0.2, 0.25) is 0 Å². The Morgan fingerprint density at radius 2 is 1.95 bits per heavy atom. The number of phenols is 1. The van der Waals surface area contributed by atoms with Gasteiger partial charge in [0, 0.05) is 10.4 Å². The van der Waals surface area contributed by atoms with Gasteiger partial charge in [-0.2, -0.15) is 0 Å².